The molecule has 1 aromatic heterocycles. The maximum absolute atomic E-state index is 13.0. The second-order valence-electron chi connectivity index (χ2n) is 9.97. The zero-order valence-electron chi connectivity index (χ0n) is 24.1. The number of ether oxygens (including phenoxy) is 1. The minimum absolute atomic E-state index is 0.0332. The molecule has 9 nitrogen and oxygen atoms in total. The maximum Gasteiger partial charge on any atom is 0.337 e. The Morgan fingerprint density at radius 1 is 1.15 bits per heavy atom. The van der Waals surface area contributed by atoms with Crippen LogP contribution in [0.2, 0.25) is 0 Å². The van der Waals surface area contributed by atoms with E-state index in [-0.39, 0.29) is 11.8 Å². The number of allylic oxidation sites excluding steroid dienone is 5. The Labute approximate surface area is 240 Å². The molecule has 0 spiro atoms. The summed E-state index contributed by atoms with van der Waals surface area (Å²) >= 11 is 0. The molecule has 1 fully saturated rings. The molecule has 0 bridgehead atoms. The number of hydrogen-bond acceptors (Lipinski definition) is 7. The van der Waals surface area contributed by atoms with Gasteiger partial charge in [-0.05, 0) is 50.4 Å². The molecule has 0 atom stereocenters. The van der Waals surface area contributed by atoms with Crippen LogP contribution in [0.15, 0.2) is 83.9 Å². The highest BCUT2D eigenvalue weighted by Gasteiger charge is 2.22. The van der Waals surface area contributed by atoms with Crippen molar-refractivity contribution in [3.8, 4) is 5.88 Å². The first kappa shape index (κ1) is 29.5. The first-order chi connectivity index (χ1) is 19.7. The van der Waals surface area contributed by atoms with Crippen LogP contribution in [0.25, 0.3) is 10.9 Å². The molecule has 2 N–H and O–H groups in total. The van der Waals surface area contributed by atoms with Crippen molar-refractivity contribution in [2.45, 2.75) is 6.92 Å². The summed E-state index contributed by atoms with van der Waals surface area (Å²) < 4.78 is 4.84. The number of nitrogens with one attached hydrogen (secondary N) is 1. The monoisotopic (exact) mass is 555 g/mol. The Bertz CT molecular complexity index is 1510. The van der Waals surface area contributed by atoms with Gasteiger partial charge < -0.3 is 24.6 Å². The molecule has 9 heteroatoms. The first-order valence-corrected chi connectivity index (χ1v) is 13.5. The molecule has 214 valence electrons. The summed E-state index contributed by atoms with van der Waals surface area (Å²) in [5.41, 5.74) is 4.09. The van der Waals surface area contributed by atoms with Gasteiger partial charge in [-0.25, -0.2) is 9.79 Å². The number of likely N-dealkylation sites (N-methyl/N-ethyl adjacent to an activating group) is 2. The number of hydrogen-bond donors (Lipinski definition) is 2. The quantitative estimate of drug-likeness (QED) is 0.226. The number of piperazine rings is 1. The van der Waals surface area contributed by atoms with Crippen LogP contribution in [0.5, 0.6) is 5.88 Å². The van der Waals surface area contributed by atoms with Gasteiger partial charge in [-0.1, -0.05) is 36.9 Å². The van der Waals surface area contributed by atoms with Gasteiger partial charge in [-0.15, -0.1) is 0 Å². The highest BCUT2D eigenvalue weighted by molar-refractivity contribution is 6.23. The van der Waals surface area contributed by atoms with E-state index < -0.39 is 5.97 Å². The van der Waals surface area contributed by atoms with Gasteiger partial charge >= 0.3 is 5.97 Å². The van der Waals surface area contributed by atoms with E-state index in [2.05, 4.69) is 28.4 Å². The molecular weight excluding hydrogens is 518 g/mol. The predicted octanol–water partition coefficient (Wildman–Crippen LogP) is 4.68. The number of nitrogens with zero attached hydrogens (tertiary/aromatic N) is 4. The van der Waals surface area contributed by atoms with Crippen LogP contribution in [0.4, 0.5) is 11.4 Å². The zero-order chi connectivity index (χ0) is 29.5. The van der Waals surface area contributed by atoms with Crippen LogP contribution < -0.4 is 4.90 Å². The molecule has 0 aliphatic carbocycles. The summed E-state index contributed by atoms with van der Waals surface area (Å²) in [4.78, 5) is 39.0. The molecule has 0 unspecified atom stereocenters. The molecule has 1 aliphatic rings. The molecule has 0 radical (unpaired) electrons. The van der Waals surface area contributed by atoms with E-state index in [1.807, 2.05) is 49.4 Å². The smallest absolute Gasteiger partial charge is 0.337 e. The number of aromatic nitrogens is 1. The van der Waals surface area contributed by atoms with Crippen molar-refractivity contribution in [3.05, 3.63) is 90.0 Å². The van der Waals surface area contributed by atoms with E-state index in [9.17, 15) is 14.7 Å². The third-order valence-corrected chi connectivity index (χ3v) is 7.16. The van der Waals surface area contributed by atoms with Crippen molar-refractivity contribution < 1.29 is 19.4 Å². The van der Waals surface area contributed by atoms with E-state index in [1.165, 1.54) is 7.11 Å². The molecule has 3 aromatic rings. The number of aromatic hydroxyl groups is 1. The molecule has 2 heterocycles. The standard InChI is InChI=1S/C32H37N5O4/c1-6-8-22(9-7-2)30(29-26-15-10-23(32(40)41-5)20-27(26)34-31(29)39)33-24-11-13-25(14-12-24)36(4)28(38)21-37-18-16-35(3)17-19-37/h6-15,20,34,39H,1,16-19,21H2,2-5H3/b9-7-,22-8+,33-30?. The third kappa shape index (κ3) is 6.82. The molecular formula is C32H37N5O4. The molecule has 2 aromatic carbocycles. The highest BCUT2D eigenvalue weighted by Crippen LogP contribution is 2.33. The van der Waals surface area contributed by atoms with E-state index in [0.29, 0.717) is 40.0 Å². The van der Waals surface area contributed by atoms with Crippen molar-refractivity contribution in [1.29, 1.82) is 0 Å². The lowest BCUT2D eigenvalue weighted by atomic mass is 9.99. The maximum atomic E-state index is 13.0. The van der Waals surface area contributed by atoms with Gasteiger partial charge in [0, 0.05) is 55.4 Å². The van der Waals surface area contributed by atoms with E-state index in [0.717, 1.165) is 37.4 Å². The fraction of sp³-hybridized carbons (Fsp3) is 0.281. The van der Waals surface area contributed by atoms with E-state index in [1.54, 1.807) is 36.2 Å². The fourth-order valence-corrected chi connectivity index (χ4v) is 4.78. The Morgan fingerprint density at radius 2 is 1.85 bits per heavy atom. The lowest BCUT2D eigenvalue weighted by Crippen LogP contribution is -2.48. The van der Waals surface area contributed by atoms with Crippen LogP contribution in [-0.2, 0) is 9.53 Å². The second kappa shape index (κ2) is 13.3. The van der Waals surface area contributed by atoms with Crippen LogP contribution in [0, 0.1) is 0 Å². The van der Waals surface area contributed by atoms with Gasteiger partial charge in [0.05, 0.1) is 36.2 Å². The highest BCUT2D eigenvalue weighted by atomic mass is 16.5. The third-order valence-electron chi connectivity index (χ3n) is 7.16. The number of amides is 1. The topological polar surface area (TPSA) is 101 Å². The van der Waals surface area contributed by atoms with Gasteiger partial charge in [0.2, 0.25) is 5.91 Å². The summed E-state index contributed by atoms with van der Waals surface area (Å²) in [5.74, 6) is -0.512. The summed E-state index contributed by atoms with van der Waals surface area (Å²) in [7, 11) is 5.20. The number of methoxy groups -OCH3 is 1. The largest absolute Gasteiger partial charge is 0.494 e. The average Bonchev–Trinajstić information content (AvgIpc) is 3.31. The predicted molar refractivity (Wildman–Crippen MR) is 164 cm³/mol. The molecule has 41 heavy (non-hydrogen) atoms. The Balaban J connectivity index is 1.68. The average molecular weight is 556 g/mol. The minimum atomic E-state index is -0.468. The first-order valence-electron chi connectivity index (χ1n) is 13.5. The van der Waals surface area contributed by atoms with Crippen molar-refractivity contribution in [1.82, 2.24) is 14.8 Å². The van der Waals surface area contributed by atoms with E-state index in [4.69, 9.17) is 9.73 Å². The summed E-state index contributed by atoms with van der Waals surface area (Å²) in [6.07, 6.45) is 7.26. The van der Waals surface area contributed by atoms with E-state index >= 15 is 0 Å². The lowest BCUT2D eigenvalue weighted by molar-refractivity contribution is -0.119. The van der Waals surface area contributed by atoms with Gasteiger partial charge in [0.15, 0.2) is 5.88 Å². The van der Waals surface area contributed by atoms with Crippen LogP contribution in [0.1, 0.15) is 22.8 Å². The van der Waals surface area contributed by atoms with Crippen LogP contribution in [-0.4, -0.2) is 91.4 Å². The molecule has 4 rings (SSSR count). The summed E-state index contributed by atoms with van der Waals surface area (Å²) in [6.45, 7) is 9.79. The van der Waals surface area contributed by atoms with Crippen molar-refractivity contribution in [2.24, 2.45) is 4.99 Å². The number of benzene rings is 2. The second-order valence-corrected chi connectivity index (χ2v) is 9.97. The SMILES string of the molecule is C=C/C=C(\C=C/C)C(=Nc1ccc(N(C)C(=O)CN2CCN(C)CC2)cc1)c1c(O)[nH]c2cc(C(=O)OC)ccc12. The lowest BCUT2D eigenvalue weighted by Gasteiger charge is -2.32. The number of carbonyl (C=O) groups excluding carboxylic acids is 2. The number of aliphatic imine (C=N–C) groups is 1. The summed E-state index contributed by atoms with van der Waals surface area (Å²) in [6, 6.07) is 12.5. The number of H-pyrrole nitrogens is 1. The molecule has 0 saturated carbocycles. The minimum Gasteiger partial charge on any atom is -0.494 e. The number of esters is 1. The van der Waals surface area contributed by atoms with Gasteiger partial charge in [0.1, 0.15) is 0 Å². The fourth-order valence-electron chi connectivity index (χ4n) is 4.78. The molecule has 1 amide bonds. The Morgan fingerprint density at radius 3 is 2.49 bits per heavy atom. The van der Waals surface area contributed by atoms with Gasteiger partial charge in [-0.3, -0.25) is 9.69 Å². The Hall–Kier alpha value is -4.47. The number of anilines is 1. The zero-order valence-corrected chi connectivity index (χ0v) is 24.1. The normalized spacial score (nSPS) is 15.4. The molecule has 1 aliphatic heterocycles. The van der Waals surface area contributed by atoms with Crippen LogP contribution >= 0.6 is 0 Å². The number of aromatic amines is 1. The van der Waals surface area contributed by atoms with Crippen molar-refractivity contribution >= 4 is 39.9 Å². The van der Waals surface area contributed by atoms with Gasteiger partial charge in [-0.2, -0.15) is 0 Å². The van der Waals surface area contributed by atoms with Gasteiger partial charge in [0.25, 0.3) is 0 Å². The summed E-state index contributed by atoms with van der Waals surface area (Å²) in [5, 5.41) is 11.7. The Kier molecular flexibility index (Phi) is 9.54. The number of carbonyl (C=O) groups is 2. The van der Waals surface area contributed by atoms with Crippen molar-refractivity contribution in [2.75, 3.05) is 58.8 Å². The van der Waals surface area contributed by atoms with Crippen LogP contribution in [0.3, 0.4) is 0 Å². The molecule has 1 saturated heterocycles. The van der Waals surface area contributed by atoms with Crippen molar-refractivity contribution in [3.63, 3.8) is 0 Å². The number of fused-ring (bicyclic) bond motifs is 1. The number of rotatable bonds is 9.